The molecule has 0 aliphatic heterocycles. The van der Waals surface area contributed by atoms with Crippen molar-refractivity contribution in [3.05, 3.63) is 74.0 Å². The Balaban J connectivity index is 2.12. The molecule has 3 rings (SSSR count). The Hall–Kier alpha value is -2.50. The predicted octanol–water partition coefficient (Wildman–Crippen LogP) is 5.37. The number of halogens is 2. The van der Waals surface area contributed by atoms with Gasteiger partial charge in [0.25, 0.3) is 0 Å². The molecule has 7 heteroatoms. The summed E-state index contributed by atoms with van der Waals surface area (Å²) in [5.41, 5.74) is 1.97. The highest BCUT2D eigenvalue weighted by atomic mass is 35.5. The van der Waals surface area contributed by atoms with Crippen LogP contribution in [0.5, 0.6) is 5.75 Å². The van der Waals surface area contributed by atoms with Crippen LogP contribution in [0.1, 0.15) is 24.5 Å². The SMILES string of the molecule is CCCn1cc(OC(=O)O)c(=O)c2cc(Cc3cccc(Cl)c3Cl)ccc21. The zero-order valence-electron chi connectivity index (χ0n) is 14.5. The summed E-state index contributed by atoms with van der Waals surface area (Å²) >= 11 is 12.3. The van der Waals surface area contributed by atoms with E-state index in [0.717, 1.165) is 23.1 Å². The molecule has 3 aromatic rings. The lowest BCUT2D eigenvalue weighted by atomic mass is 10.0. The number of pyridine rings is 1. The maximum Gasteiger partial charge on any atom is 0.511 e. The summed E-state index contributed by atoms with van der Waals surface area (Å²) in [6, 6.07) is 10.9. The van der Waals surface area contributed by atoms with Crippen molar-refractivity contribution in [2.45, 2.75) is 26.3 Å². The average molecular weight is 406 g/mol. The van der Waals surface area contributed by atoms with E-state index in [1.54, 1.807) is 12.1 Å². The largest absolute Gasteiger partial charge is 0.511 e. The number of ether oxygens (including phenoxy) is 1. The second kappa shape index (κ2) is 8.03. The van der Waals surface area contributed by atoms with Crippen molar-refractivity contribution in [3.8, 4) is 5.75 Å². The summed E-state index contributed by atoms with van der Waals surface area (Å²) in [6.45, 7) is 2.63. The molecule has 0 aliphatic carbocycles. The van der Waals surface area contributed by atoms with E-state index < -0.39 is 11.6 Å². The summed E-state index contributed by atoms with van der Waals surface area (Å²) in [7, 11) is 0. The molecule has 0 bridgehead atoms. The number of hydrogen-bond acceptors (Lipinski definition) is 3. The van der Waals surface area contributed by atoms with Crippen LogP contribution >= 0.6 is 23.2 Å². The summed E-state index contributed by atoms with van der Waals surface area (Å²) in [5.74, 6) is -0.207. The van der Waals surface area contributed by atoms with Gasteiger partial charge in [-0.2, -0.15) is 0 Å². The minimum Gasteiger partial charge on any atom is -0.449 e. The molecule has 0 spiro atoms. The molecule has 0 unspecified atom stereocenters. The zero-order chi connectivity index (χ0) is 19.6. The van der Waals surface area contributed by atoms with E-state index in [-0.39, 0.29) is 5.75 Å². The third kappa shape index (κ3) is 4.10. The monoisotopic (exact) mass is 405 g/mol. The number of carbonyl (C=O) groups is 1. The molecule has 5 nitrogen and oxygen atoms in total. The fourth-order valence-electron chi connectivity index (χ4n) is 3.03. The number of aryl methyl sites for hydroxylation is 1. The number of carboxylic acid groups (broad SMARTS) is 1. The van der Waals surface area contributed by atoms with Crippen molar-refractivity contribution >= 4 is 40.3 Å². The third-order valence-electron chi connectivity index (χ3n) is 4.20. The summed E-state index contributed by atoms with van der Waals surface area (Å²) in [4.78, 5) is 23.6. The van der Waals surface area contributed by atoms with Gasteiger partial charge in [-0.15, -0.1) is 0 Å². The van der Waals surface area contributed by atoms with Crippen LogP contribution in [-0.4, -0.2) is 15.8 Å². The highest BCUT2D eigenvalue weighted by molar-refractivity contribution is 6.42. The number of nitrogens with zero attached hydrogens (tertiary/aromatic N) is 1. The number of fused-ring (bicyclic) bond motifs is 1. The van der Waals surface area contributed by atoms with Gasteiger partial charge in [-0.25, -0.2) is 4.79 Å². The highest BCUT2D eigenvalue weighted by Crippen LogP contribution is 2.28. The lowest BCUT2D eigenvalue weighted by Gasteiger charge is -2.13. The van der Waals surface area contributed by atoms with Gasteiger partial charge in [0.1, 0.15) is 0 Å². The maximum atomic E-state index is 12.7. The lowest BCUT2D eigenvalue weighted by Crippen LogP contribution is -2.16. The minimum atomic E-state index is -1.52. The molecular formula is C20H17Cl2NO4. The van der Waals surface area contributed by atoms with Crippen molar-refractivity contribution in [2.24, 2.45) is 0 Å². The number of aromatic nitrogens is 1. The fourth-order valence-corrected chi connectivity index (χ4v) is 3.41. The molecule has 1 N–H and O–H groups in total. The zero-order valence-corrected chi connectivity index (χ0v) is 16.0. The highest BCUT2D eigenvalue weighted by Gasteiger charge is 2.14. The number of benzene rings is 2. The van der Waals surface area contributed by atoms with Crippen molar-refractivity contribution in [2.75, 3.05) is 0 Å². The van der Waals surface area contributed by atoms with Crippen LogP contribution in [-0.2, 0) is 13.0 Å². The average Bonchev–Trinajstić information content (AvgIpc) is 2.63. The summed E-state index contributed by atoms with van der Waals surface area (Å²) < 4.78 is 6.50. The normalized spacial score (nSPS) is 10.9. The van der Waals surface area contributed by atoms with E-state index in [2.05, 4.69) is 4.74 Å². The summed E-state index contributed by atoms with van der Waals surface area (Å²) in [6.07, 6.45) is 1.24. The van der Waals surface area contributed by atoms with Crippen molar-refractivity contribution in [3.63, 3.8) is 0 Å². The van der Waals surface area contributed by atoms with E-state index in [0.29, 0.717) is 28.4 Å². The maximum absolute atomic E-state index is 12.7. The summed E-state index contributed by atoms with van der Waals surface area (Å²) in [5, 5.41) is 10.2. The van der Waals surface area contributed by atoms with E-state index in [9.17, 15) is 9.59 Å². The van der Waals surface area contributed by atoms with Gasteiger partial charge in [0.15, 0.2) is 5.75 Å². The fraction of sp³-hybridized carbons (Fsp3) is 0.200. The number of rotatable bonds is 5. The molecule has 0 saturated heterocycles. The Bertz CT molecular complexity index is 1080. The molecule has 0 aliphatic rings. The van der Waals surface area contributed by atoms with Gasteiger partial charge in [-0.05, 0) is 42.2 Å². The molecule has 1 aromatic heterocycles. The molecular weight excluding hydrogens is 389 g/mol. The molecule has 0 amide bonds. The van der Waals surface area contributed by atoms with Crippen LogP contribution < -0.4 is 10.2 Å². The molecule has 2 aromatic carbocycles. The van der Waals surface area contributed by atoms with Gasteiger partial charge >= 0.3 is 6.16 Å². The van der Waals surface area contributed by atoms with E-state index in [4.69, 9.17) is 28.3 Å². The Morgan fingerprint density at radius 1 is 1.22 bits per heavy atom. The third-order valence-corrected chi connectivity index (χ3v) is 5.06. The van der Waals surface area contributed by atoms with Gasteiger partial charge in [-0.1, -0.05) is 48.3 Å². The first kappa shape index (κ1) is 19.3. The van der Waals surface area contributed by atoms with E-state index in [1.807, 2.05) is 35.8 Å². The van der Waals surface area contributed by atoms with Gasteiger partial charge in [0.05, 0.1) is 21.8 Å². The van der Waals surface area contributed by atoms with Crippen LogP contribution in [0.3, 0.4) is 0 Å². The van der Waals surface area contributed by atoms with Crippen LogP contribution in [0.4, 0.5) is 4.79 Å². The minimum absolute atomic E-state index is 0.207. The molecule has 0 radical (unpaired) electrons. The van der Waals surface area contributed by atoms with Crippen molar-refractivity contribution in [1.29, 1.82) is 0 Å². The van der Waals surface area contributed by atoms with Gasteiger partial charge in [0, 0.05) is 11.9 Å². The molecule has 0 fully saturated rings. The van der Waals surface area contributed by atoms with E-state index in [1.165, 1.54) is 6.20 Å². The Kier molecular flexibility index (Phi) is 5.73. The number of hydrogen-bond donors (Lipinski definition) is 1. The molecule has 140 valence electrons. The first-order valence-electron chi connectivity index (χ1n) is 8.40. The van der Waals surface area contributed by atoms with Crippen LogP contribution in [0.25, 0.3) is 10.9 Å². The van der Waals surface area contributed by atoms with Gasteiger partial charge in [0.2, 0.25) is 5.43 Å². The topological polar surface area (TPSA) is 68.5 Å². The first-order valence-corrected chi connectivity index (χ1v) is 9.16. The first-order chi connectivity index (χ1) is 12.9. The smallest absolute Gasteiger partial charge is 0.449 e. The van der Waals surface area contributed by atoms with E-state index >= 15 is 0 Å². The second-order valence-corrected chi connectivity index (χ2v) is 6.91. The van der Waals surface area contributed by atoms with Gasteiger partial charge in [-0.3, -0.25) is 4.79 Å². The molecule has 27 heavy (non-hydrogen) atoms. The molecule has 0 atom stereocenters. The van der Waals surface area contributed by atoms with Crippen LogP contribution in [0, 0.1) is 0 Å². The Morgan fingerprint density at radius 2 is 2.00 bits per heavy atom. The molecule has 0 saturated carbocycles. The Labute approximate surface area is 165 Å². The van der Waals surface area contributed by atoms with Gasteiger partial charge < -0.3 is 14.4 Å². The standard InChI is InChI=1S/C20H17Cl2NO4/c1-2-8-23-11-17(27-20(25)26)19(24)14-10-12(6-7-16(14)23)9-13-4-3-5-15(21)18(13)22/h3-7,10-11H,2,8-9H2,1H3,(H,25,26). The molecule has 1 heterocycles. The van der Waals surface area contributed by atoms with Crippen molar-refractivity contribution in [1.82, 2.24) is 4.57 Å². The van der Waals surface area contributed by atoms with Crippen molar-refractivity contribution < 1.29 is 14.6 Å². The lowest BCUT2D eigenvalue weighted by molar-refractivity contribution is 0.144. The van der Waals surface area contributed by atoms with Crippen LogP contribution in [0.2, 0.25) is 10.0 Å². The quantitative estimate of drug-likeness (QED) is 0.579. The second-order valence-electron chi connectivity index (χ2n) is 6.13. The van der Waals surface area contributed by atoms with Crippen LogP contribution in [0.15, 0.2) is 47.4 Å². The predicted molar refractivity (Wildman–Crippen MR) is 106 cm³/mol. The Morgan fingerprint density at radius 3 is 2.70 bits per heavy atom.